The molecule has 6 nitrogen and oxygen atoms in total. The number of ether oxygens (including phenoxy) is 2. The van der Waals surface area contributed by atoms with E-state index in [4.69, 9.17) is 9.47 Å². The van der Waals surface area contributed by atoms with Crippen LogP contribution < -0.4 is 14.8 Å². The van der Waals surface area contributed by atoms with E-state index in [-0.39, 0.29) is 22.2 Å². The van der Waals surface area contributed by atoms with Crippen LogP contribution in [0.2, 0.25) is 0 Å². The Bertz CT molecular complexity index is 1290. The van der Waals surface area contributed by atoms with E-state index in [2.05, 4.69) is 5.32 Å². The van der Waals surface area contributed by atoms with E-state index in [1.807, 2.05) is 0 Å². The van der Waals surface area contributed by atoms with E-state index in [1.165, 1.54) is 22.2 Å². The summed E-state index contributed by atoms with van der Waals surface area (Å²) in [5.74, 6) is -0.729. The molecule has 1 unspecified atom stereocenters. The molecule has 0 bridgehead atoms. The average Bonchev–Trinajstić information content (AvgIpc) is 3.32. The highest BCUT2D eigenvalue weighted by molar-refractivity contribution is 7.90. The van der Waals surface area contributed by atoms with Gasteiger partial charge in [0.05, 0.1) is 10.6 Å². The van der Waals surface area contributed by atoms with Crippen molar-refractivity contribution in [2.75, 3.05) is 20.3 Å². The molecule has 0 saturated carbocycles. The zero-order valence-electron chi connectivity index (χ0n) is 16.7. The molecule has 1 N–H and O–H groups in total. The van der Waals surface area contributed by atoms with Gasteiger partial charge >= 0.3 is 0 Å². The number of rotatable bonds is 4. The first-order valence-electron chi connectivity index (χ1n) is 9.92. The summed E-state index contributed by atoms with van der Waals surface area (Å²) in [6, 6.07) is 9.19. The second-order valence-electron chi connectivity index (χ2n) is 7.51. The molecule has 2 aliphatic rings. The Morgan fingerprint density at radius 1 is 1.03 bits per heavy atom. The Hall–Kier alpha value is -2.91. The fraction of sp³-hybridized carbons (Fsp3) is 0.273. The standard InChI is InChI=1S/C22H20F2N2O4S/c1-25-18-5-6-19-16(18)12-20(15-4-2-13(23)10-17(15)24)26(19)31(27,28)14-3-7-21-22(11-14)30-9-8-29-21/h2-4,7,10-12,18,25H,5-6,8-9H2,1H3. The van der Waals surface area contributed by atoms with Crippen molar-refractivity contribution in [2.45, 2.75) is 23.8 Å². The van der Waals surface area contributed by atoms with Gasteiger partial charge in [-0.2, -0.15) is 0 Å². The molecular weight excluding hydrogens is 426 g/mol. The molecule has 1 atom stereocenters. The third-order valence-corrected chi connectivity index (χ3v) is 7.49. The normalized spacial score (nSPS) is 17.6. The van der Waals surface area contributed by atoms with Gasteiger partial charge in [-0.25, -0.2) is 21.2 Å². The smallest absolute Gasteiger partial charge is 0.268 e. The highest BCUT2D eigenvalue weighted by Crippen LogP contribution is 2.41. The summed E-state index contributed by atoms with van der Waals surface area (Å²) in [6.07, 6.45) is 1.23. The summed E-state index contributed by atoms with van der Waals surface area (Å²) in [5.41, 5.74) is 1.57. The van der Waals surface area contributed by atoms with Gasteiger partial charge in [0, 0.05) is 29.4 Å². The third kappa shape index (κ3) is 3.19. The molecule has 0 radical (unpaired) electrons. The molecule has 0 amide bonds. The number of benzene rings is 2. The zero-order chi connectivity index (χ0) is 21.8. The maximum atomic E-state index is 14.7. The molecule has 3 aromatic rings. The van der Waals surface area contributed by atoms with Gasteiger partial charge in [-0.3, -0.25) is 0 Å². The molecule has 0 spiro atoms. The van der Waals surface area contributed by atoms with Gasteiger partial charge in [-0.1, -0.05) is 0 Å². The molecule has 0 saturated heterocycles. The van der Waals surface area contributed by atoms with Crippen molar-refractivity contribution in [2.24, 2.45) is 0 Å². The van der Waals surface area contributed by atoms with E-state index >= 15 is 0 Å². The monoisotopic (exact) mass is 446 g/mol. The molecule has 1 aliphatic heterocycles. The Morgan fingerprint density at radius 2 is 1.81 bits per heavy atom. The maximum absolute atomic E-state index is 14.7. The van der Waals surface area contributed by atoms with Gasteiger partial charge in [-0.05, 0) is 55.8 Å². The van der Waals surface area contributed by atoms with Crippen LogP contribution >= 0.6 is 0 Å². The second-order valence-corrected chi connectivity index (χ2v) is 9.30. The van der Waals surface area contributed by atoms with Crippen LogP contribution in [0.1, 0.15) is 23.7 Å². The highest BCUT2D eigenvalue weighted by Gasteiger charge is 2.34. The van der Waals surface area contributed by atoms with Gasteiger partial charge < -0.3 is 14.8 Å². The molecule has 9 heteroatoms. The number of aromatic nitrogens is 1. The topological polar surface area (TPSA) is 69.6 Å². The van der Waals surface area contributed by atoms with Crippen LogP contribution in [0, 0.1) is 11.6 Å². The Balaban J connectivity index is 1.73. The summed E-state index contributed by atoms with van der Waals surface area (Å²) in [7, 11) is -2.30. The third-order valence-electron chi connectivity index (χ3n) is 5.74. The van der Waals surface area contributed by atoms with Crippen molar-refractivity contribution in [3.05, 3.63) is 65.4 Å². The molecular formula is C22H20F2N2O4S. The van der Waals surface area contributed by atoms with Gasteiger partial charge in [-0.15, -0.1) is 0 Å². The van der Waals surface area contributed by atoms with Gasteiger partial charge in [0.1, 0.15) is 24.8 Å². The molecule has 5 rings (SSSR count). The minimum atomic E-state index is -4.10. The first kappa shape index (κ1) is 20.0. The predicted octanol–water partition coefficient (Wildman–Crippen LogP) is 3.65. The van der Waals surface area contributed by atoms with Gasteiger partial charge in [0.15, 0.2) is 11.5 Å². The van der Waals surface area contributed by atoms with Gasteiger partial charge in [0.25, 0.3) is 10.0 Å². The lowest BCUT2D eigenvalue weighted by Gasteiger charge is -2.20. The molecule has 1 aliphatic carbocycles. The Kier molecular flexibility index (Phi) is 4.75. The maximum Gasteiger partial charge on any atom is 0.268 e. The predicted molar refractivity (Wildman–Crippen MR) is 110 cm³/mol. The van der Waals surface area contributed by atoms with Crippen LogP contribution in [-0.4, -0.2) is 32.7 Å². The van der Waals surface area contributed by atoms with Crippen LogP contribution in [-0.2, 0) is 16.4 Å². The minimum Gasteiger partial charge on any atom is -0.486 e. The van der Waals surface area contributed by atoms with Crippen LogP contribution in [0.3, 0.4) is 0 Å². The van der Waals surface area contributed by atoms with Crippen molar-refractivity contribution in [1.29, 1.82) is 0 Å². The van der Waals surface area contributed by atoms with Gasteiger partial charge in [0.2, 0.25) is 0 Å². The number of fused-ring (bicyclic) bond motifs is 2. The van der Waals surface area contributed by atoms with E-state index in [9.17, 15) is 17.2 Å². The highest BCUT2D eigenvalue weighted by atomic mass is 32.2. The molecule has 2 heterocycles. The molecule has 1 aromatic heterocycles. The number of halogens is 2. The summed E-state index contributed by atoms with van der Waals surface area (Å²) < 4.78 is 67.9. The zero-order valence-corrected chi connectivity index (χ0v) is 17.5. The van der Waals surface area contributed by atoms with E-state index in [0.29, 0.717) is 36.8 Å². The largest absolute Gasteiger partial charge is 0.486 e. The number of nitrogens with zero attached hydrogens (tertiary/aromatic N) is 1. The van der Waals surface area contributed by atoms with Crippen molar-refractivity contribution in [1.82, 2.24) is 9.29 Å². The second kappa shape index (κ2) is 7.35. The average molecular weight is 446 g/mol. The summed E-state index contributed by atoms with van der Waals surface area (Å²) in [4.78, 5) is 0.00632. The number of hydrogen-bond donors (Lipinski definition) is 1. The number of hydrogen-bond acceptors (Lipinski definition) is 5. The van der Waals surface area contributed by atoms with Crippen LogP contribution in [0.4, 0.5) is 8.78 Å². The van der Waals surface area contributed by atoms with E-state index in [1.54, 1.807) is 19.2 Å². The van der Waals surface area contributed by atoms with E-state index in [0.717, 1.165) is 24.1 Å². The quantitative estimate of drug-likeness (QED) is 0.663. The van der Waals surface area contributed by atoms with Crippen LogP contribution in [0.5, 0.6) is 11.5 Å². The Labute approximate surface area is 178 Å². The summed E-state index contributed by atoms with van der Waals surface area (Å²) in [6.45, 7) is 0.717. The molecule has 2 aromatic carbocycles. The van der Waals surface area contributed by atoms with Crippen molar-refractivity contribution < 1.29 is 26.7 Å². The molecule has 162 valence electrons. The fourth-order valence-corrected chi connectivity index (χ4v) is 5.89. The van der Waals surface area contributed by atoms with E-state index < -0.39 is 21.7 Å². The number of nitrogens with one attached hydrogen (secondary N) is 1. The summed E-state index contributed by atoms with van der Waals surface area (Å²) >= 11 is 0. The Morgan fingerprint density at radius 3 is 2.55 bits per heavy atom. The fourth-order valence-electron chi connectivity index (χ4n) is 4.28. The lowest BCUT2D eigenvalue weighted by Crippen LogP contribution is -2.19. The van der Waals surface area contributed by atoms with Crippen molar-refractivity contribution in [3.8, 4) is 22.8 Å². The molecule has 0 fully saturated rings. The van der Waals surface area contributed by atoms with Crippen LogP contribution in [0.15, 0.2) is 47.4 Å². The lowest BCUT2D eigenvalue weighted by atomic mass is 10.1. The lowest BCUT2D eigenvalue weighted by molar-refractivity contribution is 0.171. The SMILES string of the molecule is CNC1CCc2c1cc(-c1ccc(F)cc1F)n2S(=O)(=O)c1ccc2c(c1)OCCO2. The molecule has 31 heavy (non-hydrogen) atoms. The van der Waals surface area contributed by atoms with Crippen molar-refractivity contribution >= 4 is 10.0 Å². The minimum absolute atomic E-state index is 0.00632. The summed E-state index contributed by atoms with van der Waals surface area (Å²) in [5, 5.41) is 3.17. The first-order chi connectivity index (χ1) is 14.9. The van der Waals surface area contributed by atoms with Crippen LogP contribution in [0.25, 0.3) is 11.3 Å². The first-order valence-corrected chi connectivity index (χ1v) is 11.4. The van der Waals surface area contributed by atoms with Crippen molar-refractivity contribution in [3.63, 3.8) is 0 Å².